The third-order valence-corrected chi connectivity index (χ3v) is 6.09. The van der Waals surface area contributed by atoms with Crippen molar-refractivity contribution in [2.75, 3.05) is 7.11 Å². The van der Waals surface area contributed by atoms with E-state index in [2.05, 4.69) is 6.07 Å². The second-order valence-electron chi connectivity index (χ2n) is 5.55. The zero-order chi connectivity index (χ0) is 15.7. The van der Waals surface area contributed by atoms with Crippen LogP contribution in [0.1, 0.15) is 18.1 Å². The van der Waals surface area contributed by atoms with Crippen molar-refractivity contribution in [2.24, 2.45) is 0 Å². The fraction of sp³-hybridized carbons (Fsp3) is 0.294. The number of fused-ring (bicyclic) bond motifs is 1. The quantitative estimate of drug-likeness (QED) is 0.874. The molecule has 1 atom stereocenters. The summed E-state index contributed by atoms with van der Waals surface area (Å²) < 4.78 is 32.5. The lowest BCUT2D eigenvalue weighted by Gasteiger charge is -2.33. The van der Waals surface area contributed by atoms with Crippen molar-refractivity contribution in [3.8, 4) is 5.75 Å². The van der Waals surface area contributed by atoms with E-state index >= 15 is 0 Å². The lowest BCUT2D eigenvalue weighted by Crippen LogP contribution is -2.42. The van der Waals surface area contributed by atoms with Crippen molar-refractivity contribution in [3.05, 3.63) is 59.7 Å². The van der Waals surface area contributed by atoms with Crippen LogP contribution in [-0.4, -0.2) is 25.9 Å². The molecule has 3 rings (SSSR count). The third-order valence-electron chi connectivity index (χ3n) is 4.12. The van der Waals surface area contributed by atoms with E-state index in [1.165, 1.54) is 5.56 Å². The van der Waals surface area contributed by atoms with Gasteiger partial charge in [0.05, 0.1) is 12.0 Å². The first-order valence-electron chi connectivity index (χ1n) is 7.25. The van der Waals surface area contributed by atoms with Gasteiger partial charge in [0.25, 0.3) is 0 Å². The summed E-state index contributed by atoms with van der Waals surface area (Å²) in [6.45, 7) is 2.38. The van der Waals surface area contributed by atoms with Crippen molar-refractivity contribution >= 4 is 10.0 Å². The van der Waals surface area contributed by atoms with E-state index in [1.54, 1.807) is 35.7 Å². The SMILES string of the molecule is COc1ccc(S(=O)(=O)N2Cc3ccccc3C[C@@H]2C)cc1. The summed E-state index contributed by atoms with van der Waals surface area (Å²) in [7, 11) is -1.94. The lowest BCUT2D eigenvalue weighted by molar-refractivity contribution is 0.309. The minimum Gasteiger partial charge on any atom is -0.497 e. The maximum absolute atomic E-state index is 12.9. The number of benzene rings is 2. The van der Waals surface area contributed by atoms with E-state index < -0.39 is 10.0 Å². The molecule has 2 aromatic carbocycles. The third kappa shape index (κ3) is 2.62. The van der Waals surface area contributed by atoms with Gasteiger partial charge >= 0.3 is 0 Å². The monoisotopic (exact) mass is 317 g/mol. The van der Waals surface area contributed by atoms with E-state index in [-0.39, 0.29) is 6.04 Å². The van der Waals surface area contributed by atoms with Crippen LogP contribution in [0, 0.1) is 0 Å². The standard InChI is InChI=1S/C17H19NO3S/c1-13-11-14-5-3-4-6-15(14)12-18(13)22(19,20)17-9-7-16(21-2)8-10-17/h3-10,13H,11-12H2,1-2H3/t13-/m0/s1. The molecule has 1 heterocycles. The van der Waals surface area contributed by atoms with Gasteiger partial charge in [0.1, 0.15) is 5.75 Å². The van der Waals surface area contributed by atoms with Crippen molar-refractivity contribution in [1.29, 1.82) is 0 Å². The fourth-order valence-electron chi connectivity index (χ4n) is 2.86. The van der Waals surface area contributed by atoms with Gasteiger partial charge in [-0.25, -0.2) is 8.42 Å². The second-order valence-corrected chi connectivity index (χ2v) is 7.44. The predicted molar refractivity (Wildman–Crippen MR) is 85.3 cm³/mol. The highest BCUT2D eigenvalue weighted by Crippen LogP contribution is 2.29. The molecule has 5 heteroatoms. The normalized spacial score (nSPS) is 18.7. The molecule has 0 N–H and O–H groups in total. The first-order valence-corrected chi connectivity index (χ1v) is 8.69. The smallest absolute Gasteiger partial charge is 0.243 e. The van der Waals surface area contributed by atoms with E-state index in [9.17, 15) is 8.42 Å². The summed E-state index contributed by atoms with van der Waals surface area (Å²) in [6.07, 6.45) is 0.742. The maximum atomic E-state index is 12.9. The number of methoxy groups -OCH3 is 1. The largest absolute Gasteiger partial charge is 0.497 e. The molecular formula is C17H19NO3S. The first kappa shape index (κ1) is 15.1. The van der Waals surface area contributed by atoms with Crippen LogP contribution in [-0.2, 0) is 23.0 Å². The summed E-state index contributed by atoms with van der Waals surface area (Å²) in [4.78, 5) is 0.305. The number of nitrogens with zero attached hydrogens (tertiary/aromatic N) is 1. The molecule has 0 unspecified atom stereocenters. The van der Waals surface area contributed by atoms with Gasteiger partial charge in [0, 0.05) is 12.6 Å². The van der Waals surface area contributed by atoms with Crippen LogP contribution in [0.5, 0.6) is 5.75 Å². The lowest BCUT2D eigenvalue weighted by atomic mass is 9.97. The van der Waals surface area contributed by atoms with Gasteiger partial charge < -0.3 is 4.74 Å². The molecule has 0 saturated carbocycles. The topological polar surface area (TPSA) is 46.6 Å². The molecule has 0 amide bonds. The number of ether oxygens (including phenoxy) is 1. The second kappa shape index (κ2) is 5.74. The van der Waals surface area contributed by atoms with Gasteiger partial charge in [0.2, 0.25) is 10.0 Å². The van der Waals surface area contributed by atoms with Crippen molar-refractivity contribution < 1.29 is 13.2 Å². The van der Waals surface area contributed by atoms with Gasteiger partial charge in [-0.05, 0) is 48.7 Å². The van der Waals surface area contributed by atoms with Crippen molar-refractivity contribution in [3.63, 3.8) is 0 Å². The van der Waals surface area contributed by atoms with Crippen molar-refractivity contribution in [2.45, 2.75) is 30.8 Å². The average molecular weight is 317 g/mol. The number of hydrogen-bond acceptors (Lipinski definition) is 3. The zero-order valence-electron chi connectivity index (χ0n) is 12.7. The molecule has 22 heavy (non-hydrogen) atoms. The Balaban J connectivity index is 1.95. The molecule has 0 aromatic heterocycles. The molecule has 116 valence electrons. The number of sulfonamides is 1. The Morgan fingerprint density at radius 1 is 1.05 bits per heavy atom. The molecule has 0 spiro atoms. The van der Waals surface area contributed by atoms with Crippen LogP contribution in [0.25, 0.3) is 0 Å². The van der Waals surface area contributed by atoms with Gasteiger partial charge in [-0.2, -0.15) is 4.31 Å². The first-order chi connectivity index (χ1) is 10.5. The molecule has 0 fully saturated rings. The summed E-state index contributed by atoms with van der Waals surface area (Å²) in [5, 5.41) is 0. The molecule has 0 bridgehead atoms. The fourth-order valence-corrected chi connectivity index (χ4v) is 4.47. The van der Waals surface area contributed by atoms with Gasteiger partial charge in [0.15, 0.2) is 0 Å². The van der Waals surface area contributed by atoms with Gasteiger partial charge in [-0.3, -0.25) is 0 Å². The Kier molecular flexibility index (Phi) is 3.93. The maximum Gasteiger partial charge on any atom is 0.243 e. The van der Waals surface area contributed by atoms with Crippen LogP contribution >= 0.6 is 0 Å². The Bertz CT molecular complexity index is 769. The van der Waals surface area contributed by atoms with E-state index in [0.29, 0.717) is 17.2 Å². The molecule has 0 saturated heterocycles. The molecule has 1 aliphatic heterocycles. The number of rotatable bonds is 3. The average Bonchev–Trinajstić information content (AvgIpc) is 2.54. The van der Waals surface area contributed by atoms with Crippen LogP contribution in [0.2, 0.25) is 0 Å². The minimum absolute atomic E-state index is 0.0537. The zero-order valence-corrected chi connectivity index (χ0v) is 13.5. The van der Waals surface area contributed by atoms with Gasteiger partial charge in [-0.1, -0.05) is 24.3 Å². The Labute approximate surface area is 131 Å². The highest BCUT2D eigenvalue weighted by molar-refractivity contribution is 7.89. The molecule has 1 aliphatic rings. The minimum atomic E-state index is -3.50. The summed E-state index contributed by atoms with van der Waals surface area (Å²) in [5.41, 5.74) is 2.31. The van der Waals surface area contributed by atoms with E-state index in [0.717, 1.165) is 12.0 Å². The molecule has 2 aromatic rings. The Morgan fingerprint density at radius 3 is 2.32 bits per heavy atom. The highest BCUT2D eigenvalue weighted by Gasteiger charge is 2.33. The van der Waals surface area contributed by atoms with E-state index in [1.807, 2.05) is 25.1 Å². The predicted octanol–water partition coefficient (Wildman–Crippen LogP) is 2.83. The summed E-state index contributed by atoms with van der Waals surface area (Å²) >= 11 is 0. The van der Waals surface area contributed by atoms with Crippen LogP contribution < -0.4 is 4.74 Å². The molecule has 0 aliphatic carbocycles. The molecular weight excluding hydrogens is 298 g/mol. The van der Waals surface area contributed by atoms with Gasteiger partial charge in [-0.15, -0.1) is 0 Å². The molecule has 4 nitrogen and oxygen atoms in total. The molecule has 0 radical (unpaired) electrons. The Hall–Kier alpha value is -1.85. The summed E-state index contributed by atoms with van der Waals surface area (Å²) in [6, 6.07) is 14.5. The van der Waals surface area contributed by atoms with E-state index in [4.69, 9.17) is 4.74 Å². The van der Waals surface area contributed by atoms with Crippen LogP contribution in [0.3, 0.4) is 0 Å². The van der Waals surface area contributed by atoms with Crippen LogP contribution in [0.4, 0.5) is 0 Å². The number of hydrogen-bond donors (Lipinski definition) is 0. The highest BCUT2D eigenvalue weighted by atomic mass is 32.2. The summed E-state index contributed by atoms with van der Waals surface area (Å²) in [5.74, 6) is 0.649. The Morgan fingerprint density at radius 2 is 1.68 bits per heavy atom. The van der Waals surface area contributed by atoms with Crippen molar-refractivity contribution in [1.82, 2.24) is 4.31 Å². The van der Waals surface area contributed by atoms with Crippen LogP contribution in [0.15, 0.2) is 53.4 Å².